The monoisotopic (exact) mass is 375 g/mol. The van der Waals surface area contributed by atoms with Crippen LogP contribution in [-0.2, 0) is 11.2 Å². The zero-order valence-electron chi connectivity index (χ0n) is 16.1. The molecule has 6 nitrogen and oxygen atoms in total. The molecule has 0 aliphatic heterocycles. The molecule has 0 fully saturated rings. The van der Waals surface area contributed by atoms with Crippen LogP contribution in [0.25, 0.3) is 10.9 Å². The van der Waals surface area contributed by atoms with Gasteiger partial charge in [0.15, 0.2) is 5.96 Å². The molecule has 26 heavy (non-hydrogen) atoms. The van der Waals surface area contributed by atoms with E-state index in [-0.39, 0.29) is 12.5 Å². The molecular formula is C19H29N5OS. The van der Waals surface area contributed by atoms with Gasteiger partial charge in [0, 0.05) is 49.5 Å². The summed E-state index contributed by atoms with van der Waals surface area (Å²) in [6.45, 7) is 3.82. The van der Waals surface area contributed by atoms with Crippen molar-refractivity contribution in [2.45, 2.75) is 13.3 Å². The third kappa shape index (κ3) is 5.69. The van der Waals surface area contributed by atoms with Crippen LogP contribution < -0.4 is 10.6 Å². The summed E-state index contributed by atoms with van der Waals surface area (Å²) in [4.78, 5) is 21.2. The number of aromatic nitrogens is 1. The van der Waals surface area contributed by atoms with Crippen molar-refractivity contribution in [1.29, 1.82) is 0 Å². The van der Waals surface area contributed by atoms with Crippen molar-refractivity contribution in [2.75, 3.05) is 45.7 Å². The number of H-pyrrole nitrogens is 1. The number of rotatable bonds is 8. The summed E-state index contributed by atoms with van der Waals surface area (Å²) >= 11 is 1.77. The van der Waals surface area contributed by atoms with Crippen LogP contribution in [0.2, 0.25) is 0 Å². The molecule has 0 bridgehead atoms. The first kappa shape index (κ1) is 20.2. The predicted octanol–water partition coefficient (Wildman–Crippen LogP) is 2.01. The third-order valence-electron chi connectivity index (χ3n) is 4.16. The van der Waals surface area contributed by atoms with Gasteiger partial charge in [-0.1, -0.05) is 18.2 Å². The Balaban J connectivity index is 1.97. The van der Waals surface area contributed by atoms with Crippen molar-refractivity contribution >= 4 is 34.5 Å². The minimum absolute atomic E-state index is 0.0107. The van der Waals surface area contributed by atoms with E-state index in [0.29, 0.717) is 5.96 Å². The average molecular weight is 376 g/mol. The first-order valence-corrected chi connectivity index (χ1v) is 10.2. The number of guanidine groups is 1. The number of thioether (sulfide) groups is 1. The minimum atomic E-state index is -0.0107. The zero-order chi connectivity index (χ0) is 18.9. The summed E-state index contributed by atoms with van der Waals surface area (Å²) in [6, 6.07) is 8.36. The smallest absolute Gasteiger partial charge is 0.243 e. The summed E-state index contributed by atoms with van der Waals surface area (Å²) in [5.74, 6) is 1.67. The van der Waals surface area contributed by atoms with E-state index in [0.717, 1.165) is 25.3 Å². The molecule has 2 rings (SSSR count). The second kappa shape index (κ2) is 10.1. The van der Waals surface area contributed by atoms with Gasteiger partial charge in [-0.3, -0.25) is 4.79 Å². The number of aliphatic imine (C=N–C) groups is 1. The number of aromatic amines is 1. The molecule has 0 spiro atoms. The second-order valence-corrected chi connectivity index (χ2v) is 7.31. The SMILES string of the molecule is CSCCNC(=NCC(=O)N(C)C)NCCc1c(C)[nH]c2ccccc12. The Bertz CT molecular complexity index is 753. The van der Waals surface area contributed by atoms with E-state index in [1.807, 2.05) is 6.07 Å². The molecule has 7 heteroatoms. The minimum Gasteiger partial charge on any atom is -0.358 e. The predicted molar refractivity (Wildman–Crippen MR) is 112 cm³/mol. The Labute approximate surface area is 159 Å². The molecule has 0 aliphatic rings. The molecule has 1 aromatic carbocycles. The lowest BCUT2D eigenvalue weighted by Crippen LogP contribution is -2.40. The Morgan fingerprint density at radius 1 is 1.23 bits per heavy atom. The lowest BCUT2D eigenvalue weighted by molar-refractivity contribution is -0.127. The second-order valence-electron chi connectivity index (χ2n) is 6.32. The highest BCUT2D eigenvalue weighted by atomic mass is 32.2. The Morgan fingerprint density at radius 2 is 1.96 bits per heavy atom. The largest absolute Gasteiger partial charge is 0.358 e. The molecule has 0 aliphatic carbocycles. The highest BCUT2D eigenvalue weighted by Crippen LogP contribution is 2.21. The molecule has 0 unspecified atom stereocenters. The van der Waals surface area contributed by atoms with E-state index in [2.05, 4.69) is 52.0 Å². The summed E-state index contributed by atoms with van der Waals surface area (Å²) in [6.07, 6.45) is 2.96. The highest BCUT2D eigenvalue weighted by molar-refractivity contribution is 7.98. The first-order chi connectivity index (χ1) is 12.5. The number of hydrogen-bond acceptors (Lipinski definition) is 3. The number of para-hydroxylation sites is 1. The summed E-state index contributed by atoms with van der Waals surface area (Å²) < 4.78 is 0. The number of carbonyl (C=O) groups is 1. The summed E-state index contributed by atoms with van der Waals surface area (Å²) in [7, 11) is 3.48. The van der Waals surface area contributed by atoms with Crippen molar-refractivity contribution in [3.05, 3.63) is 35.5 Å². The topological polar surface area (TPSA) is 72.5 Å². The van der Waals surface area contributed by atoms with Gasteiger partial charge in [0.1, 0.15) is 6.54 Å². The maximum atomic E-state index is 11.8. The number of aryl methyl sites for hydroxylation is 1. The normalized spacial score (nSPS) is 11.6. The number of carbonyl (C=O) groups excluding carboxylic acids is 1. The molecule has 3 N–H and O–H groups in total. The molecule has 0 saturated heterocycles. The fourth-order valence-corrected chi connectivity index (χ4v) is 3.00. The van der Waals surface area contributed by atoms with Crippen molar-refractivity contribution < 1.29 is 4.79 Å². The van der Waals surface area contributed by atoms with E-state index in [9.17, 15) is 4.79 Å². The number of amides is 1. The molecule has 1 aromatic heterocycles. The Kier molecular flexibility index (Phi) is 7.84. The lowest BCUT2D eigenvalue weighted by atomic mass is 10.1. The van der Waals surface area contributed by atoms with E-state index in [4.69, 9.17) is 0 Å². The van der Waals surface area contributed by atoms with Gasteiger partial charge in [-0.2, -0.15) is 11.8 Å². The fourth-order valence-electron chi connectivity index (χ4n) is 2.70. The third-order valence-corrected chi connectivity index (χ3v) is 4.78. The first-order valence-electron chi connectivity index (χ1n) is 8.80. The molecule has 142 valence electrons. The van der Waals surface area contributed by atoms with Gasteiger partial charge in [0.2, 0.25) is 5.91 Å². The van der Waals surface area contributed by atoms with Gasteiger partial charge in [-0.15, -0.1) is 0 Å². The van der Waals surface area contributed by atoms with Crippen molar-refractivity contribution in [3.63, 3.8) is 0 Å². The van der Waals surface area contributed by atoms with Crippen LogP contribution in [0, 0.1) is 6.92 Å². The highest BCUT2D eigenvalue weighted by Gasteiger charge is 2.08. The van der Waals surface area contributed by atoms with Gasteiger partial charge in [0.25, 0.3) is 0 Å². The maximum absolute atomic E-state index is 11.8. The molecule has 0 saturated carbocycles. The van der Waals surface area contributed by atoms with E-state index in [1.54, 1.807) is 30.8 Å². The zero-order valence-corrected chi connectivity index (χ0v) is 16.9. The van der Waals surface area contributed by atoms with Gasteiger partial charge < -0.3 is 20.5 Å². The Morgan fingerprint density at radius 3 is 2.69 bits per heavy atom. The molecule has 1 amide bonds. The van der Waals surface area contributed by atoms with Crippen LogP contribution in [0.3, 0.4) is 0 Å². The summed E-state index contributed by atoms with van der Waals surface area (Å²) in [5, 5.41) is 7.90. The molecule has 2 aromatic rings. The van der Waals surface area contributed by atoms with Crippen LogP contribution in [0.15, 0.2) is 29.3 Å². The van der Waals surface area contributed by atoms with Gasteiger partial charge in [0.05, 0.1) is 0 Å². The number of nitrogens with one attached hydrogen (secondary N) is 3. The number of likely N-dealkylation sites (N-methyl/N-ethyl adjacent to an activating group) is 1. The quantitative estimate of drug-likeness (QED) is 0.375. The Hall–Kier alpha value is -2.15. The van der Waals surface area contributed by atoms with Gasteiger partial charge in [-0.25, -0.2) is 4.99 Å². The molecular weight excluding hydrogens is 346 g/mol. The molecule has 0 atom stereocenters. The van der Waals surface area contributed by atoms with Crippen molar-refractivity contribution in [2.24, 2.45) is 4.99 Å². The number of benzene rings is 1. The van der Waals surface area contributed by atoms with Crippen molar-refractivity contribution in [3.8, 4) is 0 Å². The number of hydrogen-bond donors (Lipinski definition) is 3. The molecule has 1 heterocycles. The van der Waals surface area contributed by atoms with Crippen LogP contribution in [-0.4, -0.2) is 67.5 Å². The van der Waals surface area contributed by atoms with Crippen LogP contribution >= 0.6 is 11.8 Å². The van der Waals surface area contributed by atoms with Crippen molar-refractivity contribution in [1.82, 2.24) is 20.5 Å². The van der Waals surface area contributed by atoms with E-state index < -0.39 is 0 Å². The standard InChI is InChI=1S/C19H29N5OS/c1-14-15(16-7-5-6-8-17(16)23-14)9-10-20-19(21-11-12-26-4)22-13-18(25)24(2)3/h5-8,23H,9-13H2,1-4H3,(H2,20,21,22). The van der Waals surface area contributed by atoms with Gasteiger partial charge >= 0.3 is 0 Å². The average Bonchev–Trinajstić information content (AvgIpc) is 2.94. The molecule has 0 radical (unpaired) electrons. The van der Waals surface area contributed by atoms with E-state index >= 15 is 0 Å². The lowest BCUT2D eigenvalue weighted by Gasteiger charge is -2.13. The van der Waals surface area contributed by atoms with Crippen LogP contribution in [0.4, 0.5) is 0 Å². The van der Waals surface area contributed by atoms with Gasteiger partial charge in [-0.05, 0) is 31.2 Å². The maximum Gasteiger partial charge on any atom is 0.243 e. The fraction of sp³-hybridized carbons (Fsp3) is 0.474. The van der Waals surface area contributed by atoms with Crippen LogP contribution in [0.1, 0.15) is 11.3 Å². The van der Waals surface area contributed by atoms with Crippen LogP contribution in [0.5, 0.6) is 0 Å². The number of nitrogens with zero attached hydrogens (tertiary/aromatic N) is 2. The van der Waals surface area contributed by atoms with E-state index in [1.165, 1.54) is 22.2 Å². The summed E-state index contributed by atoms with van der Waals surface area (Å²) in [5.41, 5.74) is 3.69. The number of fused-ring (bicyclic) bond motifs is 1.